The van der Waals surface area contributed by atoms with Gasteiger partial charge in [0.05, 0.1) is 10.5 Å². The van der Waals surface area contributed by atoms with E-state index in [0.717, 1.165) is 0 Å². The van der Waals surface area contributed by atoms with Crippen LogP contribution in [-0.2, 0) is 10.0 Å². The van der Waals surface area contributed by atoms with Gasteiger partial charge in [0.1, 0.15) is 0 Å². The molecule has 0 bridgehead atoms. The minimum Gasteiger partial charge on any atom is -0.399 e. The summed E-state index contributed by atoms with van der Waals surface area (Å²) in [4.78, 5) is 0.310. The highest BCUT2D eigenvalue weighted by molar-refractivity contribution is 7.89. The highest BCUT2D eigenvalue weighted by Crippen LogP contribution is 2.30. The Kier molecular flexibility index (Phi) is 3.83. The standard InChI is InChI=1S/C14H22N2O3S/c1-10-7-12(15)8-11(2)13(10)20(18,19)16-6-4-5-14(3,17)9-16/h7-8,17H,4-6,9,15H2,1-3H3. The second kappa shape index (κ2) is 5.02. The number of aliphatic hydroxyl groups is 1. The Morgan fingerprint density at radius 3 is 2.35 bits per heavy atom. The molecule has 1 atom stereocenters. The van der Waals surface area contributed by atoms with Crippen LogP contribution in [-0.4, -0.2) is 36.5 Å². The lowest BCUT2D eigenvalue weighted by Gasteiger charge is -2.36. The third-order valence-electron chi connectivity index (χ3n) is 3.72. The second-order valence-electron chi connectivity index (χ2n) is 5.92. The lowest BCUT2D eigenvalue weighted by molar-refractivity contribution is 0.00938. The molecule has 1 unspecified atom stereocenters. The third-order valence-corrected chi connectivity index (χ3v) is 5.87. The Hall–Kier alpha value is -1.11. The molecular formula is C14H22N2O3S. The van der Waals surface area contributed by atoms with Crippen LogP contribution in [0.3, 0.4) is 0 Å². The van der Waals surface area contributed by atoms with E-state index >= 15 is 0 Å². The molecule has 1 heterocycles. The van der Waals surface area contributed by atoms with Crippen molar-refractivity contribution in [2.45, 2.75) is 44.1 Å². The molecule has 1 aromatic carbocycles. The van der Waals surface area contributed by atoms with Crippen LogP contribution in [0.1, 0.15) is 30.9 Å². The van der Waals surface area contributed by atoms with Crippen molar-refractivity contribution in [1.29, 1.82) is 0 Å². The van der Waals surface area contributed by atoms with Crippen LogP contribution in [0.5, 0.6) is 0 Å². The number of piperidine rings is 1. The van der Waals surface area contributed by atoms with Crippen LogP contribution in [0.25, 0.3) is 0 Å². The van der Waals surface area contributed by atoms with Gasteiger partial charge in [-0.15, -0.1) is 0 Å². The zero-order valence-electron chi connectivity index (χ0n) is 12.2. The first kappa shape index (κ1) is 15.3. The van der Waals surface area contributed by atoms with Gasteiger partial charge in [0.15, 0.2) is 0 Å². The molecule has 0 aromatic heterocycles. The second-order valence-corrected chi connectivity index (χ2v) is 7.80. The number of nitrogens with two attached hydrogens (primary N) is 1. The normalized spacial score (nSPS) is 24.8. The Balaban J connectivity index is 2.46. The molecule has 0 aliphatic carbocycles. The van der Waals surface area contributed by atoms with E-state index in [1.54, 1.807) is 32.9 Å². The maximum absolute atomic E-state index is 12.8. The number of β-amino-alcohol motifs (C(OH)–C–C–N with tert-alkyl or cyclic N) is 1. The number of hydrogen-bond acceptors (Lipinski definition) is 4. The van der Waals surface area contributed by atoms with Gasteiger partial charge < -0.3 is 10.8 Å². The smallest absolute Gasteiger partial charge is 0.243 e. The Morgan fingerprint density at radius 2 is 1.85 bits per heavy atom. The molecule has 1 aromatic rings. The number of anilines is 1. The highest BCUT2D eigenvalue weighted by atomic mass is 32.2. The van der Waals surface area contributed by atoms with Crippen molar-refractivity contribution in [3.63, 3.8) is 0 Å². The monoisotopic (exact) mass is 298 g/mol. The zero-order valence-corrected chi connectivity index (χ0v) is 13.0. The summed E-state index contributed by atoms with van der Waals surface area (Å²) < 4.78 is 27.0. The first-order valence-electron chi connectivity index (χ1n) is 6.73. The summed E-state index contributed by atoms with van der Waals surface area (Å²) >= 11 is 0. The number of sulfonamides is 1. The first-order valence-corrected chi connectivity index (χ1v) is 8.17. The van der Waals surface area contributed by atoms with Crippen molar-refractivity contribution in [3.05, 3.63) is 23.3 Å². The molecule has 112 valence electrons. The number of rotatable bonds is 2. The van der Waals surface area contributed by atoms with Gasteiger partial charge in [-0.25, -0.2) is 8.42 Å². The molecule has 1 aliphatic heterocycles. The minimum absolute atomic E-state index is 0.137. The number of nitrogens with zero attached hydrogens (tertiary/aromatic N) is 1. The van der Waals surface area contributed by atoms with Crippen molar-refractivity contribution in [3.8, 4) is 0 Å². The van der Waals surface area contributed by atoms with Crippen LogP contribution in [0.15, 0.2) is 17.0 Å². The van der Waals surface area contributed by atoms with Crippen molar-refractivity contribution in [2.24, 2.45) is 0 Å². The van der Waals surface area contributed by atoms with Gasteiger partial charge in [0.25, 0.3) is 0 Å². The first-order chi connectivity index (χ1) is 9.13. The van der Waals surface area contributed by atoms with E-state index in [9.17, 15) is 13.5 Å². The molecule has 0 saturated carbocycles. The summed E-state index contributed by atoms with van der Waals surface area (Å²) in [6, 6.07) is 3.34. The van der Waals surface area contributed by atoms with Gasteiger partial charge in [-0.05, 0) is 56.9 Å². The zero-order chi connectivity index (χ0) is 15.1. The van der Waals surface area contributed by atoms with Gasteiger partial charge in [-0.3, -0.25) is 0 Å². The molecule has 3 N–H and O–H groups in total. The topological polar surface area (TPSA) is 83.6 Å². The van der Waals surface area contributed by atoms with Crippen molar-refractivity contribution < 1.29 is 13.5 Å². The van der Waals surface area contributed by atoms with Gasteiger partial charge in [0, 0.05) is 18.8 Å². The molecular weight excluding hydrogens is 276 g/mol. The maximum atomic E-state index is 12.8. The van der Waals surface area contributed by atoms with Crippen molar-refractivity contribution >= 4 is 15.7 Å². The van der Waals surface area contributed by atoms with Crippen LogP contribution >= 0.6 is 0 Å². The number of aryl methyl sites for hydroxylation is 2. The molecule has 1 saturated heterocycles. The summed E-state index contributed by atoms with van der Waals surface area (Å²) in [5, 5.41) is 10.1. The van der Waals surface area contributed by atoms with Crippen LogP contribution in [0, 0.1) is 13.8 Å². The lowest BCUT2D eigenvalue weighted by atomic mass is 9.97. The minimum atomic E-state index is -3.59. The van der Waals surface area contributed by atoms with Crippen LogP contribution < -0.4 is 5.73 Å². The SMILES string of the molecule is Cc1cc(N)cc(C)c1S(=O)(=O)N1CCCC(C)(O)C1. The van der Waals surface area contributed by atoms with Gasteiger partial charge in [-0.1, -0.05) is 0 Å². The number of nitrogen functional groups attached to an aromatic ring is 1. The Morgan fingerprint density at radius 1 is 1.30 bits per heavy atom. The third kappa shape index (κ3) is 2.82. The summed E-state index contributed by atoms with van der Waals surface area (Å²) in [6.07, 6.45) is 1.29. The van der Waals surface area contributed by atoms with Gasteiger partial charge in [-0.2, -0.15) is 4.31 Å². The maximum Gasteiger partial charge on any atom is 0.243 e. The quantitative estimate of drug-likeness (QED) is 0.809. The van der Waals surface area contributed by atoms with E-state index in [-0.39, 0.29) is 6.54 Å². The van der Waals surface area contributed by atoms with Crippen LogP contribution in [0.2, 0.25) is 0 Å². The molecule has 5 nitrogen and oxygen atoms in total. The average molecular weight is 298 g/mol. The predicted molar refractivity (Wildman–Crippen MR) is 78.9 cm³/mol. The summed E-state index contributed by atoms with van der Waals surface area (Å²) in [5.41, 5.74) is 6.64. The molecule has 6 heteroatoms. The fraction of sp³-hybridized carbons (Fsp3) is 0.571. The largest absolute Gasteiger partial charge is 0.399 e. The van der Waals surface area contributed by atoms with E-state index in [0.29, 0.717) is 41.1 Å². The molecule has 0 amide bonds. The van der Waals surface area contributed by atoms with Gasteiger partial charge >= 0.3 is 0 Å². The molecule has 20 heavy (non-hydrogen) atoms. The Bertz CT molecular complexity index is 600. The molecule has 2 rings (SSSR count). The highest BCUT2D eigenvalue weighted by Gasteiger charge is 2.36. The van der Waals surface area contributed by atoms with E-state index in [1.165, 1.54) is 4.31 Å². The van der Waals surface area contributed by atoms with Crippen LogP contribution in [0.4, 0.5) is 5.69 Å². The molecule has 0 spiro atoms. The van der Waals surface area contributed by atoms with E-state index in [4.69, 9.17) is 5.73 Å². The molecule has 0 radical (unpaired) electrons. The summed E-state index contributed by atoms with van der Waals surface area (Å²) in [6.45, 7) is 5.76. The van der Waals surface area contributed by atoms with E-state index in [1.807, 2.05) is 0 Å². The fourth-order valence-electron chi connectivity index (χ4n) is 2.90. The van der Waals surface area contributed by atoms with E-state index < -0.39 is 15.6 Å². The van der Waals surface area contributed by atoms with E-state index in [2.05, 4.69) is 0 Å². The molecule has 1 fully saturated rings. The predicted octanol–water partition coefficient (Wildman–Crippen LogP) is 1.42. The Labute approximate surface area is 120 Å². The summed E-state index contributed by atoms with van der Waals surface area (Å²) in [5.74, 6) is 0. The number of hydrogen-bond donors (Lipinski definition) is 2. The van der Waals surface area contributed by atoms with Crippen molar-refractivity contribution in [2.75, 3.05) is 18.8 Å². The lowest BCUT2D eigenvalue weighted by Crippen LogP contribution is -2.48. The average Bonchev–Trinajstić information content (AvgIpc) is 2.25. The van der Waals surface area contributed by atoms with Crippen molar-refractivity contribution in [1.82, 2.24) is 4.31 Å². The summed E-state index contributed by atoms with van der Waals surface area (Å²) in [7, 11) is -3.59. The molecule has 1 aliphatic rings. The fourth-order valence-corrected chi connectivity index (χ4v) is 4.91. The van der Waals surface area contributed by atoms with Gasteiger partial charge in [0.2, 0.25) is 10.0 Å². The number of benzene rings is 1.